The number of nitrogens with zero attached hydrogens (tertiary/aromatic N) is 1. The van der Waals surface area contributed by atoms with Crippen molar-refractivity contribution in [2.24, 2.45) is 23.7 Å². The number of Topliss-reactive ketones (excluding diaryl/α,β-unsaturated/α-hetero) is 1. The number of ether oxygens (including phenoxy) is 1. The maximum absolute atomic E-state index is 15.2. The second kappa shape index (κ2) is 12.8. The summed E-state index contributed by atoms with van der Waals surface area (Å²) in [6, 6.07) is 35.7. The fourth-order valence-corrected chi connectivity index (χ4v) is 9.21. The van der Waals surface area contributed by atoms with E-state index >= 15 is 9.59 Å². The number of allylic oxidation sites excluding steroid dienone is 4. The van der Waals surface area contributed by atoms with Crippen molar-refractivity contribution in [1.82, 2.24) is 4.90 Å². The number of ketones is 2. The molecule has 8 rings (SSSR count). The van der Waals surface area contributed by atoms with Crippen LogP contribution >= 0.6 is 0 Å². The van der Waals surface area contributed by atoms with E-state index in [1.165, 1.54) is 11.0 Å². The van der Waals surface area contributed by atoms with E-state index in [0.717, 1.165) is 16.7 Å². The number of carbonyl (C=O) groups is 4. The monoisotopic (exact) mass is 663 g/mol. The lowest BCUT2D eigenvalue weighted by molar-refractivity contribution is -0.141. The zero-order chi connectivity index (χ0) is 34.4. The van der Waals surface area contributed by atoms with Gasteiger partial charge in [0.2, 0.25) is 11.8 Å². The van der Waals surface area contributed by atoms with Crippen LogP contribution in [-0.2, 0) is 31.1 Å². The van der Waals surface area contributed by atoms with Crippen molar-refractivity contribution < 1.29 is 29.0 Å². The van der Waals surface area contributed by atoms with Gasteiger partial charge >= 0.3 is 0 Å². The SMILES string of the molecule is O=C1C(c2ccccc2)=CC(=O)C2(c3ccccc3)C1CC1C(=CCC3C(=O)N(Cc4ccccc4)C(=O)C31)C2c1ccccc1OCCO. The molecule has 3 aliphatic carbocycles. The molecule has 7 nitrogen and oxygen atoms in total. The Balaban J connectivity index is 1.34. The van der Waals surface area contributed by atoms with Crippen LogP contribution in [0, 0.1) is 23.7 Å². The highest BCUT2D eigenvalue weighted by molar-refractivity contribution is 6.31. The molecular weight excluding hydrogens is 626 g/mol. The van der Waals surface area contributed by atoms with Crippen molar-refractivity contribution in [3.63, 3.8) is 0 Å². The van der Waals surface area contributed by atoms with Gasteiger partial charge in [-0.05, 0) is 47.6 Å². The molecule has 1 saturated heterocycles. The number of hydrogen-bond donors (Lipinski definition) is 1. The lowest BCUT2D eigenvalue weighted by atomic mass is 9.44. The first-order valence-corrected chi connectivity index (χ1v) is 17.3. The molecule has 7 heteroatoms. The number of aliphatic hydroxyl groups excluding tert-OH is 1. The Kier molecular flexibility index (Phi) is 8.16. The van der Waals surface area contributed by atoms with Crippen LogP contribution in [0.2, 0.25) is 0 Å². The predicted molar refractivity (Wildman–Crippen MR) is 188 cm³/mol. The highest BCUT2D eigenvalue weighted by Crippen LogP contribution is 2.64. The van der Waals surface area contributed by atoms with E-state index in [2.05, 4.69) is 6.08 Å². The second-order valence-corrected chi connectivity index (χ2v) is 13.6. The van der Waals surface area contributed by atoms with Crippen molar-refractivity contribution in [1.29, 1.82) is 0 Å². The molecule has 250 valence electrons. The number of aliphatic hydroxyl groups is 1. The molecule has 1 aliphatic heterocycles. The first kappa shape index (κ1) is 31.8. The molecule has 1 saturated carbocycles. The van der Waals surface area contributed by atoms with Gasteiger partial charge in [-0.1, -0.05) is 121 Å². The summed E-state index contributed by atoms with van der Waals surface area (Å²) in [4.78, 5) is 60.1. The zero-order valence-corrected chi connectivity index (χ0v) is 27.5. The molecule has 4 aliphatic rings. The van der Waals surface area contributed by atoms with E-state index in [1.54, 1.807) is 0 Å². The average Bonchev–Trinajstić information content (AvgIpc) is 3.40. The summed E-state index contributed by atoms with van der Waals surface area (Å²) in [7, 11) is 0. The zero-order valence-electron chi connectivity index (χ0n) is 27.5. The van der Waals surface area contributed by atoms with E-state index in [9.17, 15) is 14.7 Å². The number of benzene rings is 4. The Labute approximate surface area is 290 Å². The Morgan fingerprint density at radius 2 is 1.42 bits per heavy atom. The molecule has 0 radical (unpaired) electrons. The Hall–Kier alpha value is -5.40. The van der Waals surface area contributed by atoms with Gasteiger partial charge in [0.15, 0.2) is 11.6 Å². The maximum atomic E-state index is 15.2. The molecule has 0 spiro atoms. The molecule has 2 fully saturated rings. The van der Waals surface area contributed by atoms with Gasteiger partial charge in [-0.3, -0.25) is 24.1 Å². The van der Waals surface area contributed by atoms with Gasteiger partial charge in [0.25, 0.3) is 0 Å². The molecule has 6 atom stereocenters. The summed E-state index contributed by atoms with van der Waals surface area (Å²) in [6.45, 7) is 0.0323. The molecule has 1 N–H and O–H groups in total. The van der Waals surface area contributed by atoms with E-state index in [4.69, 9.17) is 4.74 Å². The van der Waals surface area contributed by atoms with Crippen LogP contribution in [0.3, 0.4) is 0 Å². The highest BCUT2D eigenvalue weighted by Gasteiger charge is 2.66. The van der Waals surface area contributed by atoms with E-state index in [-0.39, 0.29) is 49.6 Å². The smallest absolute Gasteiger partial charge is 0.234 e. The predicted octanol–water partition coefficient (Wildman–Crippen LogP) is 6.08. The lowest BCUT2D eigenvalue weighted by Crippen LogP contribution is -2.58. The van der Waals surface area contributed by atoms with Crippen LogP contribution in [0.15, 0.2) is 133 Å². The third kappa shape index (κ3) is 4.90. The fourth-order valence-electron chi connectivity index (χ4n) is 9.21. The lowest BCUT2D eigenvalue weighted by Gasteiger charge is -2.55. The van der Waals surface area contributed by atoms with E-state index in [0.29, 0.717) is 28.9 Å². The largest absolute Gasteiger partial charge is 0.491 e. The van der Waals surface area contributed by atoms with E-state index in [1.807, 2.05) is 115 Å². The molecule has 6 unspecified atom stereocenters. The van der Waals surface area contributed by atoms with Gasteiger partial charge in [-0.25, -0.2) is 0 Å². The van der Waals surface area contributed by atoms with Crippen molar-refractivity contribution in [2.75, 3.05) is 13.2 Å². The maximum Gasteiger partial charge on any atom is 0.234 e. The molecule has 2 amide bonds. The first-order chi connectivity index (χ1) is 24.4. The standard InChI is InChI=1S/C43H37NO6/c45-22-23-50-36-19-11-10-18-31(36)39-30-20-21-32-38(42(49)44(41(32)48)26-27-12-4-1-5-13-27)34(30)24-35-40(47)33(28-14-6-2-7-15-28)25-37(46)43(35,39)29-16-8-3-9-17-29/h1-20,25,32,34-35,38-39,45H,21-24,26H2. The minimum atomic E-state index is -1.35. The summed E-state index contributed by atoms with van der Waals surface area (Å²) in [5.74, 6) is -3.46. The van der Waals surface area contributed by atoms with Crippen molar-refractivity contribution in [3.05, 3.63) is 155 Å². The number of rotatable bonds is 8. The van der Waals surface area contributed by atoms with Crippen LogP contribution in [-0.4, -0.2) is 46.6 Å². The van der Waals surface area contributed by atoms with Crippen LogP contribution in [0.5, 0.6) is 5.75 Å². The van der Waals surface area contributed by atoms with Crippen molar-refractivity contribution in [2.45, 2.75) is 30.7 Å². The van der Waals surface area contributed by atoms with Gasteiger partial charge in [-0.15, -0.1) is 0 Å². The average molecular weight is 664 g/mol. The van der Waals surface area contributed by atoms with E-state index < -0.39 is 35.0 Å². The summed E-state index contributed by atoms with van der Waals surface area (Å²) in [5.41, 5.74) is 2.85. The third-order valence-electron chi connectivity index (χ3n) is 11.2. The molecule has 4 aromatic carbocycles. The Morgan fingerprint density at radius 1 is 0.760 bits per heavy atom. The van der Waals surface area contributed by atoms with Gasteiger partial charge in [0.1, 0.15) is 12.4 Å². The Bertz CT molecular complexity index is 2040. The van der Waals surface area contributed by atoms with Crippen molar-refractivity contribution in [3.8, 4) is 5.75 Å². The van der Waals surface area contributed by atoms with Crippen molar-refractivity contribution >= 4 is 29.0 Å². The first-order valence-electron chi connectivity index (χ1n) is 17.3. The van der Waals surface area contributed by atoms with Gasteiger partial charge in [0.05, 0.1) is 30.4 Å². The molecular formula is C43H37NO6. The minimum Gasteiger partial charge on any atom is -0.491 e. The van der Waals surface area contributed by atoms with Gasteiger partial charge in [0, 0.05) is 23.0 Å². The Morgan fingerprint density at radius 3 is 2.14 bits per heavy atom. The number of para-hydroxylation sites is 1. The number of fused-ring (bicyclic) bond motifs is 4. The van der Waals surface area contributed by atoms with Crippen LogP contribution in [0.4, 0.5) is 0 Å². The quantitative estimate of drug-likeness (QED) is 0.181. The summed E-state index contributed by atoms with van der Waals surface area (Å²) in [6.07, 6.45) is 4.17. The van der Waals surface area contributed by atoms with Gasteiger partial charge < -0.3 is 9.84 Å². The summed E-state index contributed by atoms with van der Waals surface area (Å²) >= 11 is 0. The number of imide groups is 1. The number of carbonyl (C=O) groups excluding carboxylic acids is 4. The summed E-state index contributed by atoms with van der Waals surface area (Å²) < 4.78 is 6.12. The van der Waals surface area contributed by atoms with Crippen LogP contribution < -0.4 is 4.74 Å². The topological polar surface area (TPSA) is 101 Å². The number of likely N-dealkylation sites (tertiary alicyclic amines) is 1. The van der Waals surface area contributed by atoms with Crippen LogP contribution in [0.1, 0.15) is 41.0 Å². The van der Waals surface area contributed by atoms with Gasteiger partial charge in [-0.2, -0.15) is 0 Å². The third-order valence-corrected chi connectivity index (χ3v) is 11.2. The normalized spacial score (nSPS) is 27.2. The molecule has 0 aromatic heterocycles. The number of amides is 2. The molecule has 0 bridgehead atoms. The molecule has 50 heavy (non-hydrogen) atoms. The highest BCUT2D eigenvalue weighted by atomic mass is 16.5. The molecule has 1 heterocycles. The second-order valence-electron chi connectivity index (χ2n) is 13.6. The number of hydrogen-bond acceptors (Lipinski definition) is 6. The fraction of sp³-hybridized carbons (Fsp3) is 0.256. The molecule has 4 aromatic rings. The summed E-state index contributed by atoms with van der Waals surface area (Å²) in [5, 5.41) is 9.72. The minimum absolute atomic E-state index is 0.0467. The van der Waals surface area contributed by atoms with Crippen LogP contribution in [0.25, 0.3) is 5.57 Å².